The van der Waals surface area contributed by atoms with Crippen LogP contribution in [0, 0.1) is 0 Å². The van der Waals surface area contributed by atoms with E-state index >= 15 is 0 Å². The zero-order chi connectivity index (χ0) is 31.8. The minimum absolute atomic E-state index is 0.0107. The van der Waals surface area contributed by atoms with Gasteiger partial charge < -0.3 is 19.4 Å². The van der Waals surface area contributed by atoms with Crippen LogP contribution in [-0.4, -0.2) is 48.0 Å². The summed E-state index contributed by atoms with van der Waals surface area (Å²) in [6, 6.07) is 18.9. The fourth-order valence-corrected chi connectivity index (χ4v) is 6.69. The average Bonchev–Trinajstić information content (AvgIpc) is 3.56. The molecule has 0 bridgehead atoms. The molecule has 0 saturated heterocycles. The third-order valence-electron chi connectivity index (χ3n) is 7.60. The van der Waals surface area contributed by atoms with E-state index in [9.17, 15) is 22.8 Å². The molecule has 45 heavy (non-hydrogen) atoms. The number of ketones is 1. The Morgan fingerprint density at radius 3 is 2.51 bits per heavy atom. The second-order valence-corrected chi connectivity index (χ2v) is 12.6. The zero-order valence-electron chi connectivity index (χ0n) is 25.0. The van der Waals surface area contributed by atoms with E-state index in [-0.39, 0.29) is 23.7 Å². The van der Waals surface area contributed by atoms with Crippen molar-refractivity contribution in [1.29, 1.82) is 0 Å². The summed E-state index contributed by atoms with van der Waals surface area (Å²) < 4.78 is 40.6. The number of Topliss-reactive ketones (excluding diaryl/α,β-unsaturated/α-hetero) is 1. The average molecular weight is 630 g/mol. The van der Waals surface area contributed by atoms with Crippen molar-refractivity contribution >= 4 is 32.4 Å². The lowest BCUT2D eigenvalue weighted by molar-refractivity contribution is -0.142. The number of fused-ring (bicyclic) bond motifs is 1. The number of nitrogens with one attached hydrogen (secondary N) is 1. The fraction of sp³-hybridized carbons (Fsp3) is 0.294. The second-order valence-electron chi connectivity index (χ2n) is 10.7. The minimum atomic E-state index is -4.36. The first-order valence-corrected chi connectivity index (χ1v) is 16.5. The van der Waals surface area contributed by atoms with Crippen LogP contribution >= 0.6 is 0 Å². The molecule has 10 nitrogen and oxygen atoms in total. The number of rotatable bonds is 13. The number of carbonyl (C=O) groups excluding carboxylic acids is 3. The van der Waals surface area contributed by atoms with Gasteiger partial charge in [0.25, 0.3) is 5.12 Å². The predicted octanol–water partition coefficient (Wildman–Crippen LogP) is 5.34. The Morgan fingerprint density at radius 1 is 1.02 bits per heavy atom. The van der Waals surface area contributed by atoms with Crippen molar-refractivity contribution in [2.75, 3.05) is 18.5 Å². The van der Waals surface area contributed by atoms with Gasteiger partial charge in [0, 0.05) is 47.7 Å². The summed E-state index contributed by atoms with van der Waals surface area (Å²) in [5.74, 6) is -0.677. The smallest absolute Gasteiger partial charge is 0.307 e. The van der Waals surface area contributed by atoms with Gasteiger partial charge in [0.1, 0.15) is 11.9 Å². The van der Waals surface area contributed by atoms with Crippen LogP contribution in [0.4, 0.5) is 5.69 Å². The molecule has 3 aromatic carbocycles. The van der Waals surface area contributed by atoms with Gasteiger partial charge in [-0.25, -0.2) is 13.4 Å². The highest BCUT2D eigenvalue weighted by atomic mass is 32.2. The number of ether oxygens (including phenoxy) is 2. The van der Waals surface area contributed by atoms with Crippen molar-refractivity contribution in [3.63, 3.8) is 0 Å². The molecule has 234 valence electrons. The summed E-state index contributed by atoms with van der Waals surface area (Å²) in [6.45, 7) is 2.78. The van der Waals surface area contributed by atoms with Crippen LogP contribution in [0.2, 0.25) is 0 Å². The molecular weight excluding hydrogens is 594 g/mol. The molecule has 0 saturated carbocycles. The molecule has 1 aromatic heterocycles. The first-order chi connectivity index (χ1) is 21.7. The van der Waals surface area contributed by atoms with Crippen molar-refractivity contribution < 1.29 is 32.3 Å². The highest BCUT2D eigenvalue weighted by Crippen LogP contribution is 2.36. The van der Waals surface area contributed by atoms with Crippen molar-refractivity contribution in [2.24, 2.45) is 0 Å². The van der Waals surface area contributed by atoms with Gasteiger partial charge in [0.2, 0.25) is 9.84 Å². The van der Waals surface area contributed by atoms with Crippen LogP contribution in [0.15, 0.2) is 85.5 Å². The fourth-order valence-electron chi connectivity index (χ4n) is 5.37. The second kappa shape index (κ2) is 14.3. The van der Waals surface area contributed by atoms with Gasteiger partial charge in [-0.15, -0.1) is 0 Å². The van der Waals surface area contributed by atoms with Crippen LogP contribution in [0.3, 0.4) is 0 Å². The molecule has 11 heteroatoms. The number of esters is 1. The summed E-state index contributed by atoms with van der Waals surface area (Å²) in [7, 11) is -4.36. The van der Waals surface area contributed by atoms with Crippen LogP contribution in [-0.2, 0) is 38.1 Å². The summed E-state index contributed by atoms with van der Waals surface area (Å²) in [6.07, 6.45) is 6.29. The van der Waals surface area contributed by atoms with Crippen molar-refractivity contribution in [2.45, 2.75) is 51.0 Å². The van der Waals surface area contributed by atoms with Gasteiger partial charge in [-0.05, 0) is 67.3 Å². The van der Waals surface area contributed by atoms with Crippen LogP contribution in [0.5, 0.6) is 5.75 Å². The van der Waals surface area contributed by atoms with E-state index in [0.29, 0.717) is 67.1 Å². The minimum Gasteiger partial charge on any atom is -0.484 e. The molecule has 1 atom stereocenters. The maximum atomic E-state index is 13.7. The molecule has 5 rings (SSSR count). The summed E-state index contributed by atoms with van der Waals surface area (Å²) >= 11 is 0. The predicted molar refractivity (Wildman–Crippen MR) is 169 cm³/mol. The largest absolute Gasteiger partial charge is 0.484 e. The van der Waals surface area contributed by atoms with Gasteiger partial charge in [0.05, 0.1) is 31.7 Å². The molecule has 0 radical (unpaired) electrons. The number of hydrogen-bond acceptors (Lipinski definition) is 9. The molecule has 1 heterocycles. The standard InChI is InChI=1S/C34H35N3O7S/c1-2-43-33(39)17-18-36-26-13-11-25(12-14-26)34(40)45(41,42)22-29-27-9-6-10-30(38)28(27)15-16-31(29)44-32(21-37-20-19-35-23-37)24-7-4-3-5-8-24/h3-5,7-8,11-16,19-20,23,32,36H,2,6,9-10,17-18,21-22H2,1H3. The number of benzene rings is 3. The highest BCUT2D eigenvalue weighted by Gasteiger charge is 2.31. The summed E-state index contributed by atoms with van der Waals surface area (Å²) in [5, 5.41) is 2.03. The summed E-state index contributed by atoms with van der Waals surface area (Å²) in [4.78, 5) is 41.9. The quantitative estimate of drug-likeness (QED) is 0.195. The Balaban J connectivity index is 1.41. The third kappa shape index (κ3) is 7.85. The van der Waals surface area contributed by atoms with E-state index in [1.807, 2.05) is 41.1 Å². The first kappa shape index (κ1) is 31.6. The lowest BCUT2D eigenvalue weighted by Crippen LogP contribution is -2.22. The Bertz CT molecular complexity index is 1750. The van der Waals surface area contributed by atoms with Crippen molar-refractivity contribution in [3.05, 3.63) is 113 Å². The topological polar surface area (TPSA) is 134 Å². The van der Waals surface area contributed by atoms with Gasteiger partial charge >= 0.3 is 5.97 Å². The summed E-state index contributed by atoms with van der Waals surface area (Å²) in [5.41, 5.74) is 2.92. The number of imidazole rings is 1. The van der Waals surface area contributed by atoms with E-state index in [0.717, 1.165) is 5.56 Å². The highest BCUT2D eigenvalue weighted by molar-refractivity contribution is 8.05. The van der Waals surface area contributed by atoms with E-state index in [1.54, 1.807) is 43.7 Å². The van der Waals surface area contributed by atoms with E-state index in [1.165, 1.54) is 12.1 Å². The monoisotopic (exact) mass is 629 g/mol. The Hall–Kier alpha value is -4.77. The zero-order valence-corrected chi connectivity index (χ0v) is 25.8. The third-order valence-corrected chi connectivity index (χ3v) is 9.07. The van der Waals surface area contributed by atoms with Gasteiger partial charge in [0.15, 0.2) is 5.78 Å². The Kier molecular flexibility index (Phi) is 10.1. The molecule has 1 unspecified atom stereocenters. The number of aromatic nitrogens is 2. The lowest BCUT2D eigenvalue weighted by atomic mass is 9.87. The van der Waals surface area contributed by atoms with E-state index in [2.05, 4.69) is 10.3 Å². The number of nitrogens with zero attached hydrogens (tertiary/aromatic N) is 2. The van der Waals surface area contributed by atoms with E-state index < -0.39 is 26.8 Å². The molecular formula is C34H35N3O7S. The Labute approximate surface area is 262 Å². The van der Waals surface area contributed by atoms with Gasteiger partial charge in [-0.2, -0.15) is 0 Å². The maximum Gasteiger partial charge on any atom is 0.307 e. The number of carbonyl (C=O) groups is 3. The molecule has 0 fully saturated rings. The molecule has 0 spiro atoms. The molecule has 1 aliphatic rings. The van der Waals surface area contributed by atoms with Crippen LogP contribution in [0.25, 0.3) is 0 Å². The maximum absolute atomic E-state index is 13.7. The Morgan fingerprint density at radius 2 is 1.80 bits per heavy atom. The number of anilines is 1. The molecule has 0 aliphatic heterocycles. The molecule has 4 aromatic rings. The molecule has 1 aliphatic carbocycles. The van der Waals surface area contributed by atoms with E-state index in [4.69, 9.17) is 9.47 Å². The molecule has 1 N–H and O–H groups in total. The number of hydrogen-bond donors (Lipinski definition) is 1. The molecule has 0 amide bonds. The lowest BCUT2D eigenvalue weighted by Gasteiger charge is -2.25. The van der Waals surface area contributed by atoms with Gasteiger partial charge in [-0.3, -0.25) is 14.4 Å². The van der Waals surface area contributed by atoms with Gasteiger partial charge in [-0.1, -0.05) is 30.3 Å². The van der Waals surface area contributed by atoms with Crippen molar-refractivity contribution in [1.82, 2.24) is 9.55 Å². The van der Waals surface area contributed by atoms with Crippen molar-refractivity contribution in [3.8, 4) is 5.75 Å². The van der Waals surface area contributed by atoms with Crippen LogP contribution < -0.4 is 10.1 Å². The normalized spacial score (nSPS) is 13.5. The first-order valence-electron chi connectivity index (χ1n) is 14.9. The number of sulfone groups is 1. The SMILES string of the molecule is CCOC(=O)CCNc1ccc(C(=O)S(=O)(=O)Cc2c(OC(Cn3ccnc3)c3ccccc3)ccc3c2CCCC3=O)cc1. The van der Waals surface area contributed by atoms with Crippen LogP contribution in [0.1, 0.15) is 69.7 Å².